The first kappa shape index (κ1) is 26.7. The second-order valence-electron chi connectivity index (χ2n) is 10.5. The van der Waals surface area contributed by atoms with Gasteiger partial charge in [-0.1, -0.05) is 69.3 Å². The van der Waals surface area contributed by atoms with Gasteiger partial charge in [0.1, 0.15) is 18.8 Å². The highest BCUT2D eigenvalue weighted by Gasteiger charge is 2.37. The number of benzene rings is 2. The lowest BCUT2D eigenvalue weighted by molar-refractivity contribution is 0.0988. The van der Waals surface area contributed by atoms with Crippen LogP contribution in [0.2, 0.25) is 18.1 Å². The maximum absolute atomic E-state index is 12.8. The van der Waals surface area contributed by atoms with E-state index in [1.165, 1.54) is 6.33 Å². The maximum atomic E-state index is 12.8. The fourth-order valence-corrected chi connectivity index (χ4v) is 4.67. The number of hydrogen-bond donors (Lipinski definition) is 1. The van der Waals surface area contributed by atoms with Crippen molar-refractivity contribution in [2.75, 3.05) is 11.9 Å². The van der Waals surface area contributed by atoms with Crippen LogP contribution in [0.4, 0.5) is 5.82 Å². The van der Waals surface area contributed by atoms with Crippen molar-refractivity contribution in [3.8, 4) is 0 Å². The van der Waals surface area contributed by atoms with E-state index in [1.807, 2.05) is 53.1 Å². The molecule has 0 unspecified atom stereocenters. The van der Waals surface area contributed by atoms with Crippen molar-refractivity contribution >= 4 is 31.2 Å². The average Bonchev–Trinajstić information content (AvgIpc) is 3.23. The van der Waals surface area contributed by atoms with Gasteiger partial charge in [-0.3, -0.25) is 4.79 Å². The van der Waals surface area contributed by atoms with Gasteiger partial charge in [-0.15, -0.1) is 0 Å². The summed E-state index contributed by atoms with van der Waals surface area (Å²) in [6.07, 6.45) is 1.45. The molecule has 9 heteroatoms. The minimum absolute atomic E-state index is 0.114. The summed E-state index contributed by atoms with van der Waals surface area (Å²) in [5.74, 6) is 0.825. The Kier molecular flexibility index (Phi) is 8.16. The first-order valence-electron chi connectivity index (χ1n) is 12.5. The van der Waals surface area contributed by atoms with Gasteiger partial charge in [0.25, 0.3) is 5.91 Å². The van der Waals surface area contributed by atoms with Crippen molar-refractivity contribution in [3.63, 3.8) is 0 Å². The third kappa shape index (κ3) is 6.49. The van der Waals surface area contributed by atoms with E-state index < -0.39 is 8.32 Å². The topological polar surface area (TPSA) is 91.2 Å². The normalized spacial score (nSPS) is 12.1. The lowest BCUT2D eigenvalue weighted by atomic mass is 10.2. The summed E-state index contributed by atoms with van der Waals surface area (Å²) < 4.78 is 14.5. The zero-order valence-electron chi connectivity index (χ0n) is 22.2. The number of imidazole rings is 1. The van der Waals surface area contributed by atoms with Gasteiger partial charge in [0.05, 0.1) is 13.2 Å². The molecule has 0 aliphatic rings. The Labute approximate surface area is 219 Å². The molecule has 0 aliphatic carbocycles. The molecule has 1 amide bonds. The highest BCUT2D eigenvalue weighted by Crippen LogP contribution is 2.36. The highest BCUT2D eigenvalue weighted by molar-refractivity contribution is 6.74. The Morgan fingerprint density at radius 2 is 1.65 bits per heavy atom. The van der Waals surface area contributed by atoms with Crippen molar-refractivity contribution in [1.82, 2.24) is 19.5 Å². The number of nitrogens with one attached hydrogen (secondary N) is 1. The lowest BCUT2D eigenvalue weighted by Crippen LogP contribution is -2.41. The van der Waals surface area contributed by atoms with E-state index in [-0.39, 0.29) is 17.6 Å². The van der Waals surface area contributed by atoms with Crippen LogP contribution in [0.15, 0.2) is 67.0 Å². The van der Waals surface area contributed by atoms with Crippen molar-refractivity contribution < 1.29 is 14.0 Å². The number of fused-ring (bicyclic) bond motifs is 1. The number of nitrogens with zero attached hydrogens (tertiary/aromatic N) is 4. The van der Waals surface area contributed by atoms with E-state index in [9.17, 15) is 4.79 Å². The summed E-state index contributed by atoms with van der Waals surface area (Å²) >= 11 is 0. The molecule has 2 aromatic carbocycles. The number of hydrogen-bond acceptors (Lipinski definition) is 6. The smallest absolute Gasteiger partial charge is 0.256 e. The van der Waals surface area contributed by atoms with Gasteiger partial charge >= 0.3 is 0 Å². The fraction of sp³-hybridized carbons (Fsp3) is 0.357. The van der Waals surface area contributed by atoms with Gasteiger partial charge in [-0.05, 0) is 35.8 Å². The second kappa shape index (κ2) is 11.3. The van der Waals surface area contributed by atoms with E-state index >= 15 is 0 Å². The minimum atomic E-state index is -1.92. The van der Waals surface area contributed by atoms with Gasteiger partial charge in [0, 0.05) is 12.1 Å². The van der Waals surface area contributed by atoms with Gasteiger partial charge < -0.3 is 19.0 Å². The molecule has 0 saturated carbocycles. The first-order chi connectivity index (χ1) is 17.7. The summed E-state index contributed by atoms with van der Waals surface area (Å²) in [6.45, 7) is 13.0. The molecule has 4 aromatic rings. The Hall–Kier alpha value is -3.40. The van der Waals surface area contributed by atoms with E-state index in [1.54, 1.807) is 12.1 Å². The largest absolute Gasteiger partial charge is 0.415 e. The van der Waals surface area contributed by atoms with Crippen LogP contribution in [-0.2, 0) is 28.9 Å². The Bertz CT molecular complexity index is 1330. The van der Waals surface area contributed by atoms with Gasteiger partial charge in [0.2, 0.25) is 0 Å². The standard InChI is InChI=1S/C28H35N5O3Si/c1-28(2,3)37(4,5)36-17-16-33-23(19-35-18-21-12-8-6-9-13-21)31-24-25(29-20-30-26(24)33)32-27(34)22-14-10-7-11-15-22/h6-15,20H,16-19H2,1-5H3,(H,29,30,32,34). The van der Waals surface area contributed by atoms with Crippen molar-refractivity contribution in [2.45, 2.75) is 58.7 Å². The highest BCUT2D eigenvalue weighted by atomic mass is 28.4. The molecule has 0 aliphatic heterocycles. The Morgan fingerprint density at radius 1 is 0.973 bits per heavy atom. The summed E-state index contributed by atoms with van der Waals surface area (Å²) in [6, 6.07) is 19.0. The number of anilines is 1. The predicted molar refractivity (Wildman–Crippen MR) is 148 cm³/mol. The third-order valence-electron chi connectivity index (χ3n) is 6.81. The van der Waals surface area contributed by atoms with Crippen LogP contribution >= 0.6 is 0 Å². The van der Waals surface area contributed by atoms with Gasteiger partial charge in [-0.2, -0.15) is 0 Å². The monoisotopic (exact) mass is 517 g/mol. The van der Waals surface area contributed by atoms with Gasteiger partial charge in [0.15, 0.2) is 25.3 Å². The molecule has 2 heterocycles. The van der Waals surface area contributed by atoms with Crippen LogP contribution in [0.5, 0.6) is 0 Å². The SMILES string of the molecule is CC(C)(C)[Si](C)(C)OCCn1c(COCc2ccccc2)nc2c(NC(=O)c3ccccc3)ncnc21. The first-order valence-corrected chi connectivity index (χ1v) is 15.4. The van der Waals surface area contributed by atoms with Crippen LogP contribution in [0.1, 0.15) is 42.5 Å². The molecule has 8 nitrogen and oxygen atoms in total. The van der Waals surface area contributed by atoms with E-state index in [0.717, 1.165) is 5.56 Å². The van der Waals surface area contributed by atoms with Crippen LogP contribution in [0, 0.1) is 0 Å². The number of carbonyl (C=O) groups is 1. The molecular weight excluding hydrogens is 482 g/mol. The van der Waals surface area contributed by atoms with Crippen LogP contribution < -0.4 is 5.32 Å². The zero-order valence-corrected chi connectivity index (χ0v) is 23.2. The number of aromatic nitrogens is 4. The summed E-state index contributed by atoms with van der Waals surface area (Å²) in [5.41, 5.74) is 2.79. The van der Waals surface area contributed by atoms with Crippen LogP contribution in [0.3, 0.4) is 0 Å². The summed E-state index contributed by atoms with van der Waals surface area (Å²) in [5, 5.41) is 3.01. The van der Waals surface area contributed by atoms with E-state index in [2.05, 4.69) is 49.1 Å². The zero-order chi connectivity index (χ0) is 26.5. The lowest BCUT2D eigenvalue weighted by Gasteiger charge is -2.36. The molecule has 194 valence electrons. The molecule has 37 heavy (non-hydrogen) atoms. The maximum Gasteiger partial charge on any atom is 0.256 e. The van der Waals surface area contributed by atoms with Crippen molar-refractivity contribution in [2.24, 2.45) is 0 Å². The number of rotatable bonds is 10. The molecule has 0 fully saturated rings. The molecular formula is C28H35N5O3Si. The average molecular weight is 518 g/mol. The molecule has 0 saturated heterocycles. The number of carbonyl (C=O) groups excluding carboxylic acids is 1. The quantitative estimate of drug-likeness (QED) is 0.267. The van der Waals surface area contributed by atoms with E-state index in [4.69, 9.17) is 14.1 Å². The Morgan fingerprint density at radius 3 is 2.32 bits per heavy atom. The van der Waals surface area contributed by atoms with Crippen LogP contribution in [0.25, 0.3) is 11.2 Å². The molecule has 0 spiro atoms. The number of amides is 1. The fourth-order valence-electron chi connectivity index (χ4n) is 3.63. The van der Waals surface area contributed by atoms with Crippen molar-refractivity contribution in [3.05, 3.63) is 83.9 Å². The van der Waals surface area contributed by atoms with Gasteiger partial charge in [-0.25, -0.2) is 15.0 Å². The second-order valence-corrected chi connectivity index (χ2v) is 15.3. The molecule has 4 rings (SSSR count). The Balaban J connectivity index is 1.59. The van der Waals surface area contributed by atoms with Crippen molar-refractivity contribution in [1.29, 1.82) is 0 Å². The molecule has 1 N–H and O–H groups in total. The summed E-state index contributed by atoms with van der Waals surface area (Å²) in [7, 11) is -1.92. The molecule has 2 aromatic heterocycles. The van der Waals surface area contributed by atoms with Crippen LogP contribution in [-0.4, -0.2) is 40.4 Å². The summed E-state index contributed by atoms with van der Waals surface area (Å²) in [4.78, 5) is 26.5. The number of ether oxygens (including phenoxy) is 1. The minimum Gasteiger partial charge on any atom is -0.415 e. The molecule has 0 atom stereocenters. The molecule has 0 bridgehead atoms. The molecule has 0 radical (unpaired) electrons. The van der Waals surface area contributed by atoms with E-state index in [0.29, 0.717) is 48.1 Å². The predicted octanol–water partition coefficient (Wildman–Crippen LogP) is 5.82. The third-order valence-corrected chi connectivity index (χ3v) is 11.3.